The summed E-state index contributed by atoms with van der Waals surface area (Å²) in [6.45, 7) is 4.26. The average Bonchev–Trinajstić information content (AvgIpc) is 3.39. The minimum Gasteiger partial charge on any atom is -0.496 e. The van der Waals surface area contributed by atoms with Gasteiger partial charge in [0, 0.05) is 17.5 Å². The third-order valence-corrected chi connectivity index (χ3v) is 5.62. The van der Waals surface area contributed by atoms with Gasteiger partial charge in [-0.05, 0) is 11.4 Å². The molecule has 146 valence electrons. The molecule has 0 atom stereocenters. The first-order valence-corrected chi connectivity index (χ1v) is 10.2. The molecule has 3 aromatic rings. The molecule has 8 heteroatoms. The molecule has 0 unspecified atom stereocenters. The summed E-state index contributed by atoms with van der Waals surface area (Å²) in [7, 11) is 4.81. The smallest absolute Gasteiger partial charge is 0.206 e. The van der Waals surface area contributed by atoms with E-state index in [1.54, 1.807) is 57.1 Å². The van der Waals surface area contributed by atoms with E-state index < -0.39 is 0 Å². The molecule has 0 spiro atoms. The molecule has 0 fully saturated rings. The van der Waals surface area contributed by atoms with Gasteiger partial charge in [-0.25, -0.2) is 4.68 Å². The fraction of sp³-hybridized carbons (Fsp3) is 0.200. The summed E-state index contributed by atoms with van der Waals surface area (Å²) in [6.07, 6.45) is 3.47. The van der Waals surface area contributed by atoms with Gasteiger partial charge in [-0.15, -0.1) is 29.3 Å². The van der Waals surface area contributed by atoms with Crippen LogP contribution in [0.15, 0.2) is 57.8 Å². The van der Waals surface area contributed by atoms with E-state index in [0.717, 1.165) is 20.9 Å². The Morgan fingerprint density at radius 1 is 1.11 bits per heavy atom. The molecular weight excluding hydrogens is 394 g/mol. The topological polar surface area (TPSA) is 57.3 Å². The first kappa shape index (κ1) is 19.9. The lowest BCUT2D eigenvalue weighted by molar-refractivity contribution is 0.374. The van der Waals surface area contributed by atoms with Crippen molar-refractivity contribution in [2.75, 3.05) is 27.9 Å². The van der Waals surface area contributed by atoms with Crippen LogP contribution >= 0.6 is 22.7 Å². The van der Waals surface area contributed by atoms with Gasteiger partial charge in [0.25, 0.3) is 0 Å². The highest BCUT2D eigenvalue weighted by Crippen LogP contribution is 2.33. The summed E-state index contributed by atoms with van der Waals surface area (Å²) in [6, 6.07) is 7.67. The Hall–Kier alpha value is -2.84. The van der Waals surface area contributed by atoms with Gasteiger partial charge in [0.2, 0.25) is 4.80 Å². The van der Waals surface area contributed by atoms with E-state index in [9.17, 15) is 0 Å². The Kier molecular flexibility index (Phi) is 6.67. The van der Waals surface area contributed by atoms with Crippen LogP contribution in [-0.4, -0.2) is 38.8 Å². The van der Waals surface area contributed by atoms with Crippen molar-refractivity contribution in [2.45, 2.75) is 0 Å². The van der Waals surface area contributed by atoms with Gasteiger partial charge in [-0.3, -0.25) is 4.99 Å². The molecule has 0 amide bonds. The third-order valence-electron chi connectivity index (χ3n) is 3.87. The zero-order valence-corrected chi connectivity index (χ0v) is 17.5. The fourth-order valence-corrected chi connectivity index (χ4v) is 4.17. The summed E-state index contributed by atoms with van der Waals surface area (Å²) in [4.78, 5) is 6.45. The lowest BCUT2D eigenvalue weighted by Gasteiger charge is -2.12. The fourth-order valence-electron chi connectivity index (χ4n) is 2.53. The number of thiophene rings is 1. The highest BCUT2D eigenvalue weighted by atomic mass is 32.1. The standard InChI is InChI=1S/C20H21N3O3S2/c1-5-8-21-20-23(16(13-28-20)19-7-6-9-27-19)22-12-15-17(25-3)10-14(24-2)11-18(15)26-4/h5-7,9-13H,1,8H2,2-4H3. The highest BCUT2D eigenvalue weighted by molar-refractivity contribution is 7.14. The second kappa shape index (κ2) is 9.38. The van der Waals surface area contributed by atoms with Gasteiger partial charge >= 0.3 is 0 Å². The first-order chi connectivity index (χ1) is 13.7. The maximum Gasteiger partial charge on any atom is 0.206 e. The van der Waals surface area contributed by atoms with Crippen molar-refractivity contribution in [3.63, 3.8) is 0 Å². The van der Waals surface area contributed by atoms with Crippen molar-refractivity contribution in [3.8, 4) is 27.8 Å². The molecule has 2 heterocycles. The summed E-state index contributed by atoms with van der Waals surface area (Å²) in [5.41, 5.74) is 1.70. The van der Waals surface area contributed by atoms with Crippen LogP contribution in [0, 0.1) is 0 Å². The Bertz CT molecular complexity index is 1010. The third kappa shape index (κ3) is 4.18. The van der Waals surface area contributed by atoms with Crippen LogP contribution < -0.4 is 19.0 Å². The number of thiazole rings is 1. The van der Waals surface area contributed by atoms with Crippen LogP contribution in [0.5, 0.6) is 17.2 Å². The molecule has 0 saturated carbocycles. The van der Waals surface area contributed by atoms with Crippen molar-refractivity contribution in [1.82, 2.24) is 4.68 Å². The molecule has 0 saturated heterocycles. The lowest BCUT2D eigenvalue weighted by Crippen LogP contribution is -2.12. The number of rotatable bonds is 8. The predicted molar refractivity (Wildman–Crippen MR) is 115 cm³/mol. The molecule has 2 aromatic heterocycles. The minimum absolute atomic E-state index is 0.523. The van der Waals surface area contributed by atoms with E-state index in [1.165, 1.54) is 11.3 Å². The minimum atomic E-state index is 0.523. The van der Waals surface area contributed by atoms with Gasteiger partial charge in [-0.1, -0.05) is 12.1 Å². The number of methoxy groups -OCH3 is 3. The Morgan fingerprint density at radius 2 is 1.86 bits per heavy atom. The zero-order chi connectivity index (χ0) is 19.9. The summed E-state index contributed by atoms with van der Waals surface area (Å²) in [5, 5.41) is 8.79. The number of benzene rings is 1. The summed E-state index contributed by atoms with van der Waals surface area (Å²) >= 11 is 3.19. The predicted octanol–water partition coefficient (Wildman–Crippen LogP) is 4.27. The second-order valence-corrected chi connectivity index (χ2v) is 7.30. The molecular formula is C20H21N3O3S2. The van der Waals surface area contributed by atoms with E-state index in [0.29, 0.717) is 23.8 Å². The van der Waals surface area contributed by atoms with E-state index in [4.69, 9.17) is 19.3 Å². The molecule has 0 N–H and O–H groups in total. The average molecular weight is 416 g/mol. The zero-order valence-electron chi connectivity index (χ0n) is 15.9. The second-order valence-electron chi connectivity index (χ2n) is 5.51. The summed E-state index contributed by atoms with van der Waals surface area (Å²) in [5.74, 6) is 1.87. The van der Waals surface area contributed by atoms with Crippen molar-refractivity contribution < 1.29 is 14.2 Å². The number of ether oxygens (including phenoxy) is 3. The van der Waals surface area contributed by atoms with Crippen LogP contribution in [0.25, 0.3) is 10.6 Å². The van der Waals surface area contributed by atoms with E-state index in [1.807, 2.05) is 21.5 Å². The van der Waals surface area contributed by atoms with E-state index >= 15 is 0 Å². The van der Waals surface area contributed by atoms with Crippen molar-refractivity contribution in [2.24, 2.45) is 10.1 Å². The van der Waals surface area contributed by atoms with E-state index in [2.05, 4.69) is 17.6 Å². The quantitative estimate of drug-likeness (QED) is 0.408. The van der Waals surface area contributed by atoms with Crippen LogP contribution in [0.4, 0.5) is 0 Å². The van der Waals surface area contributed by atoms with Gasteiger partial charge < -0.3 is 14.2 Å². The molecule has 0 aliphatic rings. The molecule has 3 rings (SSSR count). The monoisotopic (exact) mass is 415 g/mol. The molecule has 0 aliphatic heterocycles. The van der Waals surface area contributed by atoms with Crippen molar-refractivity contribution >= 4 is 28.9 Å². The Balaban J connectivity index is 2.12. The molecule has 1 aromatic carbocycles. The van der Waals surface area contributed by atoms with Gasteiger partial charge in [-0.2, -0.15) is 5.10 Å². The number of hydrogen-bond donors (Lipinski definition) is 0. The molecule has 28 heavy (non-hydrogen) atoms. The first-order valence-electron chi connectivity index (χ1n) is 8.42. The Morgan fingerprint density at radius 3 is 2.43 bits per heavy atom. The van der Waals surface area contributed by atoms with Gasteiger partial charge in [0.1, 0.15) is 17.2 Å². The van der Waals surface area contributed by atoms with Crippen molar-refractivity contribution in [3.05, 3.63) is 58.0 Å². The largest absolute Gasteiger partial charge is 0.496 e. The summed E-state index contributed by atoms with van der Waals surface area (Å²) < 4.78 is 18.1. The number of hydrogen-bond acceptors (Lipinski definition) is 7. The van der Waals surface area contributed by atoms with Gasteiger partial charge in [0.15, 0.2) is 0 Å². The molecule has 6 nitrogen and oxygen atoms in total. The highest BCUT2D eigenvalue weighted by Gasteiger charge is 2.13. The van der Waals surface area contributed by atoms with Gasteiger partial charge in [0.05, 0.1) is 50.2 Å². The SMILES string of the molecule is C=CCN=c1scc(-c2cccs2)n1N=Cc1c(OC)cc(OC)cc1OC. The van der Waals surface area contributed by atoms with Crippen LogP contribution in [0.2, 0.25) is 0 Å². The molecule has 0 aliphatic carbocycles. The maximum absolute atomic E-state index is 5.51. The van der Waals surface area contributed by atoms with Crippen molar-refractivity contribution in [1.29, 1.82) is 0 Å². The lowest BCUT2D eigenvalue weighted by atomic mass is 10.2. The number of aromatic nitrogens is 1. The maximum atomic E-state index is 5.51. The normalized spacial score (nSPS) is 11.8. The Labute approximate surface area is 171 Å². The number of nitrogens with zero attached hydrogens (tertiary/aromatic N) is 3. The van der Waals surface area contributed by atoms with Crippen LogP contribution in [0.1, 0.15) is 5.56 Å². The molecule has 0 radical (unpaired) electrons. The van der Waals surface area contributed by atoms with Crippen LogP contribution in [-0.2, 0) is 0 Å². The molecule has 0 bridgehead atoms. The van der Waals surface area contributed by atoms with Crippen LogP contribution in [0.3, 0.4) is 0 Å². The van der Waals surface area contributed by atoms with E-state index in [-0.39, 0.29) is 0 Å².